The summed E-state index contributed by atoms with van der Waals surface area (Å²) in [5, 5.41) is 20.2. The summed E-state index contributed by atoms with van der Waals surface area (Å²) < 4.78 is 19.6. The third-order valence-electron chi connectivity index (χ3n) is 6.48. The fourth-order valence-electron chi connectivity index (χ4n) is 4.30. The highest BCUT2D eigenvalue weighted by Crippen LogP contribution is 2.33. The molecule has 2 aromatic carbocycles. The Hall–Kier alpha value is -4.46. The van der Waals surface area contributed by atoms with E-state index < -0.39 is 30.4 Å². The van der Waals surface area contributed by atoms with Gasteiger partial charge in [0, 0.05) is 30.3 Å². The van der Waals surface area contributed by atoms with Crippen molar-refractivity contribution in [2.75, 3.05) is 20.8 Å². The van der Waals surface area contributed by atoms with E-state index in [1.807, 2.05) is 0 Å². The Morgan fingerprint density at radius 1 is 1.34 bits per heavy atom. The number of amidine groups is 1. The smallest absolute Gasteiger partial charge is 0.255 e. The van der Waals surface area contributed by atoms with E-state index in [-0.39, 0.29) is 34.8 Å². The van der Waals surface area contributed by atoms with Gasteiger partial charge in [-0.05, 0) is 36.8 Å². The van der Waals surface area contributed by atoms with Crippen LogP contribution in [0.4, 0.5) is 10.3 Å². The molecular weight excluding hydrogens is 555 g/mol. The maximum absolute atomic E-state index is 14.5. The van der Waals surface area contributed by atoms with Gasteiger partial charge in [0.1, 0.15) is 17.6 Å². The van der Waals surface area contributed by atoms with E-state index in [1.165, 1.54) is 36.4 Å². The Morgan fingerprint density at radius 3 is 2.80 bits per heavy atom. The van der Waals surface area contributed by atoms with Crippen molar-refractivity contribution in [2.24, 2.45) is 4.99 Å². The van der Waals surface area contributed by atoms with Gasteiger partial charge in [-0.25, -0.2) is 19.8 Å². The van der Waals surface area contributed by atoms with Gasteiger partial charge < -0.3 is 30.9 Å². The van der Waals surface area contributed by atoms with Crippen LogP contribution < -0.4 is 20.9 Å². The van der Waals surface area contributed by atoms with Crippen molar-refractivity contribution in [2.45, 2.75) is 25.6 Å². The van der Waals surface area contributed by atoms with Gasteiger partial charge in [0.25, 0.3) is 11.9 Å². The third-order valence-corrected chi connectivity index (χ3v) is 6.76. The lowest BCUT2D eigenvalue weighted by molar-refractivity contribution is -0.126. The van der Waals surface area contributed by atoms with Crippen molar-refractivity contribution in [3.63, 3.8) is 0 Å². The van der Waals surface area contributed by atoms with Crippen molar-refractivity contribution in [3.05, 3.63) is 70.1 Å². The molecule has 0 saturated heterocycles. The standard InChI is InChI=1S/C27H28ClFN8O4/c1-14(25(39)33-22(13-38)19-9-17(41-3)6-7-21(19)29)37-12-16-5-4-15(8-18(16)26(37)40)24-20(28)11-32-27(35-24)34-23(10-30)36-31-2/h4-11,14,22,30-31,38H,12-13H2,1-3H3,(H,33,39)(H,32,34,35,36)/t14-,22-/m1/s1. The number of rotatable bonds is 10. The molecule has 4 rings (SSSR count). The molecule has 2 atom stereocenters. The predicted octanol–water partition coefficient (Wildman–Crippen LogP) is 2.54. The number of carbonyl (C=O) groups excluding carboxylic acids is 2. The molecule has 0 fully saturated rings. The molecule has 1 aliphatic rings. The molecule has 0 aliphatic carbocycles. The first-order chi connectivity index (χ1) is 19.7. The van der Waals surface area contributed by atoms with Crippen LogP contribution in [0.15, 0.2) is 47.6 Å². The van der Waals surface area contributed by atoms with Crippen molar-refractivity contribution in [1.29, 1.82) is 5.41 Å². The number of hydrogen-bond donors (Lipinski definition) is 5. The summed E-state index contributed by atoms with van der Waals surface area (Å²) in [7, 11) is 3.05. The van der Waals surface area contributed by atoms with Crippen molar-refractivity contribution in [3.8, 4) is 17.0 Å². The van der Waals surface area contributed by atoms with E-state index in [9.17, 15) is 19.1 Å². The first-order valence-corrected chi connectivity index (χ1v) is 12.8. The average Bonchev–Trinajstić information content (AvgIpc) is 3.31. The fraction of sp³-hybridized carbons (Fsp3) is 0.259. The highest BCUT2D eigenvalue weighted by Gasteiger charge is 2.35. The second-order valence-electron chi connectivity index (χ2n) is 9.00. The van der Waals surface area contributed by atoms with Crippen molar-refractivity contribution in [1.82, 2.24) is 31.0 Å². The number of carbonyl (C=O) groups is 2. The van der Waals surface area contributed by atoms with Crippen LogP contribution in [0, 0.1) is 11.2 Å². The van der Waals surface area contributed by atoms with Gasteiger partial charge in [-0.3, -0.25) is 9.59 Å². The van der Waals surface area contributed by atoms with Gasteiger partial charge >= 0.3 is 0 Å². The van der Waals surface area contributed by atoms with Crippen LogP contribution in [0.25, 0.3) is 11.3 Å². The minimum absolute atomic E-state index is 0.0512. The number of aliphatic imine (C=N–C) groups is 1. The van der Waals surface area contributed by atoms with Gasteiger partial charge in [-0.2, -0.15) is 4.99 Å². The molecule has 0 saturated carbocycles. The van der Waals surface area contributed by atoms with Gasteiger partial charge in [0.05, 0.1) is 42.9 Å². The number of fused-ring (bicyclic) bond motifs is 1. The van der Waals surface area contributed by atoms with Crippen LogP contribution >= 0.6 is 11.6 Å². The molecule has 3 aromatic rings. The predicted molar refractivity (Wildman–Crippen MR) is 151 cm³/mol. The zero-order chi connectivity index (χ0) is 29.7. The molecule has 5 N–H and O–H groups in total. The number of hydrazine groups is 1. The van der Waals surface area contributed by atoms with Crippen LogP contribution in [0.5, 0.6) is 5.75 Å². The van der Waals surface area contributed by atoms with Crippen LogP contribution in [-0.4, -0.2) is 70.6 Å². The largest absolute Gasteiger partial charge is 0.497 e. The molecule has 1 aliphatic heterocycles. The molecule has 0 bridgehead atoms. The summed E-state index contributed by atoms with van der Waals surface area (Å²) in [5.41, 5.74) is 7.34. The van der Waals surface area contributed by atoms with Crippen molar-refractivity contribution >= 4 is 41.4 Å². The Balaban J connectivity index is 1.54. The maximum Gasteiger partial charge on any atom is 0.255 e. The second kappa shape index (κ2) is 12.8. The van der Waals surface area contributed by atoms with Crippen LogP contribution in [0.2, 0.25) is 5.02 Å². The number of hydrogen-bond acceptors (Lipinski definition) is 9. The van der Waals surface area contributed by atoms with E-state index in [0.717, 1.165) is 6.21 Å². The van der Waals surface area contributed by atoms with E-state index in [0.29, 0.717) is 28.1 Å². The number of amides is 2. The zero-order valence-electron chi connectivity index (χ0n) is 22.4. The highest BCUT2D eigenvalue weighted by molar-refractivity contribution is 6.33. The quantitative estimate of drug-likeness (QED) is 0.138. The minimum atomic E-state index is -1.04. The van der Waals surface area contributed by atoms with Gasteiger partial charge in [-0.1, -0.05) is 23.7 Å². The molecule has 0 spiro atoms. The number of halogens is 2. The number of aliphatic hydroxyl groups excluding tert-OH is 1. The Labute approximate surface area is 240 Å². The first-order valence-electron chi connectivity index (χ1n) is 12.4. The number of ether oxygens (including phenoxy) is 1. The Bertz CT molecular complexity index is 1520. The summed E-state index contributed by atoms with van der Waals surface area (Å²) in [6.45, 7) is 1.17. The second-order valence-corrected chi connectivity index (χ2v) is 9.40. The number of benzene rings is 2. The topological polar surface area (TPSA) is 165 Å². The average molecular weight is 583 g/mol. The SMILES string of the molecule is CNNC(C=N)=Nc1ncc(Cl)c(-c2ccc3c(c2)C(=O)N([C@H](C)C(=O)N[C@H](CO)c2cc(OC)ccc2F)C3)n1. The molecule has 14 heteroatoms. The maximum atomic E-state index is 14.5. The number of methoxy groups -OCH3 is 1. The Morgan fingerprint density at radius 2 is 2.12 bits per heavy atom. The number of nitrogens with zero attached hydrogens (tertiary/aromatic N) is 4. The lowest BCUT2D eigenvalue weighted by Gasteiger charge is -2.26. The molecule has 0 radical (unpaired) electrons. The van der Waals surface area contributed by atoms with Gasteiger partial charge in [-0.15, -0.1) is 0 Å². The summed E-state index contributed by atoms with van der Waals surface area (Å²) in [5.74, 6) is -0.965. The molecule has 41 heavy (non-hydrogen) atoms. The summed E-state index contributed by atoms with van der Waals surface area (Å²) in [4.78, 5) is 40.5. The summed E-state index contributed by atoms with van der Waals surface area (Å²) >= 11 is 6.36. The van der Waals surface area contributed by atoms with Crippen molar-refractivity contribution < 1.29 is 23.8 Å². The molecule has 2 heterocycles. The highest BCUT2D eigenvalue weighted by atomic mass is 35.5. The molecule has 0 unspecified atom stereocenters. The lowest BCUT2D eigenvalue weighted by Crippen LogP contribution is -2.46. The monoisotopic (exact) mass is 582 g/mol. The van der Waals surface area contributed by atoms with E-state index in [1.54, 1.807) is 32.2 Å². The lowest BCUT2D eigenvalue weighted by atomic mass is 10.0. The van der Waals surface area contributed by atoms with Crippen LogP contribution in [0.3, 0.4) is 0 Å². The van der Waals surface area contributed by atoms with Gasteiger partial charge in [0.15, 0.2) is 5.84 Å². The molecule has 2 amide bonds. The molecule has 1 aromatic heterocycles. The first kappa shape index (κ1) is 29.5. The molecular formula is C27H28ClFN8O4. The Kier molecular flexibility index (Phi) is 9.22. The van der Waals surface area contributed by atoms with Crippen LogP contribution in [-0.2, 0) is 11.3 Å². The number of nitrogens with one attached hydrogen (secondary N) is 4. The molecule has 12 nitrogen and oxygen atoms in total. The fourth-order valence-corrected chi connectivity index (χ4v) is 4.50. The molecule has 214 valence electrons. The number of aromatic nitrogens is 2. The van der Waals surface area contributed by atoms with Gasteiger partial charge in [0.2, 0.25) is 5.91 Å². The van der Waals surface area contributed by atoms with E-state index in [2.05, 4.69) is 31.1 Å². The minimum Gasteiger partial charge on any atom is -0.497 e. The normalized spacial score (nSPS) is 14.3. The van der Waals surface area contributed by atoms with Crippen LogP contribution in [0.1, 0.15) is 34.5 Å². The van der Waals surface area contributed by atoms with E-state index in [4.69, 9.17) is 21.7 Å². The summed E-state index contributed by atoms with van der Waals surface area (Å²) in [6, 6.07) is 7.19. The van der Waals surface area contributed by atoms with E-state index >= 15 is 0 Å². The third kappa shape index (κ3) is 6.32. The zero-order valence-corrected chi connectivity index (χ0v) is 23.2. The summed E-state index contributed by atoms with van der Waals surface area (Å²) in [6.07, 6.45) is 2.37. The number of aliphatic hydroxyl groups is 1.